The number of nitrogens with one attached hydrogen (secondary N) is 2. The molecule has 1 heterocycles. The van der Waals surface area contributed by atoms with Crippen molar-refractivity contribution in [2.75, 3.05) is 5.32 Å². The summed E-state index contributed by atoms with van der Waals surface area (Å²) in [6.07, 6.45) is 7.65. The van der Waals surface area contributed by atoms with Gasteiger partial charge in [0, 0.05) is 31.6 Å². The molecule has 204 valence electrons. The molecule has 1 saturated carbocycles. The van der Waals surface area contributed by atoms with Crippen LogP contribution in [0.3, 0.4) is 0 Å². The number of aromatic nitrogens is 1. The van der Waals surface area contributed by atoms with Gasteiger partial charge >= 0.3 is 0 Å². The molecule has 1 aliphatic rings. The maximum atomic E-state index is 13.8. The van der Waals surface area contributed by atoms with Crippen molar-refractivity contribution in [1.82, 2.24) is 15.2 Å². The Bertz CT molecular complexity index is 1210. The fourth-order valence-corrected chi connectivity index (χ4v) is 5.04. The topological polar surface area (TPSA) is 91.4 Å². The molecule has 1 atom stereocenters. The molecule has 4 rings (SSSR count). The summed E-state index contributed by atoms with van der Waals surface area (Å²) in [6, 6.07) is 22.2. The fraction of sp³-hybridized carbons (Fsp3) is 0.375. The van der Waals surface area contributed by atoms with Crippen LogP contribution in [0.15, 0.2) is 79.0 Å². The summed E-state index contributed by atoms with van der Waals surface area (Å²) in [5.74, 6) is -0.0172. The van der Waals surface area contributed by atoms with Gasteiger partial charge in [0.1, 0.15) is 11.9 Å². The maximum Gasteiger partial charge on any atom is 0.247 e. The summed E-state index contributed by atoms with van der Waals surface area (Å²) in [6.45, 7) is 2.31. The zero-order valence-electron chi connectivity index (χ0n) is 22.6. The lowest BCUT2D eigenvalue weighted by Gasteiger charge is -2.33. The van der Waals surface area contributed by atoms with E-state index in [-0.39, 0.29) is 36.6 Å². The molecule has 7 nitrogen and oxygen atoms in total. The van der Waals surface area contributed by atoms with Crippen molar-refractivity contribution in [3.05, 3.63) is 95.7 Å². The molecular formula is C32H38N4O3. The van der Waals surface area contributed by atoms with Gasteiger partial charge in [-0.1, -0.05) is 85.5 Å². The molecule has 1 fully saturated rings. The Kier molecular flexibility index (Phi) is 10.2. The number of amides is 3. The second kappa shape index (κ2) is 14.2. The van der Waals surface area contributed by atoms with Gasteiger partial charge in [-0.3, -0.25) is 14.4 Å². The second-order valence-corrected chi connectivity index (χ2v) is 10.3. The zero-order chi connectivity index (χ0) is 27.5. The van der Waals surface area contributed by atoms with Crippen LogP contribution in [0.1, 0.15) is 74.1 Å². The minimum atomic E-state index is -0.762. The predicted octanol–water partition coefficient (Wildman–Crippen LogP) is 5.72. The molecule has 3 aromatic rings. The van der Waals surface area contributed by atoms with E-state index in [0.717, 1.165) is 42.4 Å². The number of anilines is 1. The predicted molar refractivity (Wildman–Crippen MR) is 153 cm³/mol. The van der Waals surface area contributed by atoms with Crippen molar-refractivity contribution in [3.63, 3.8) is 0 Å². The standard InChI is InChI=1S/C32H38N4O3/c1-24-18-20-26(21-19-24)31(32(39)34-27-13-6-3-7-14-27)36(23-25-11-4-2-5-12-25)30(38)17-10-16-29(37)35-28-15-8-9-22-33-28/h2,4-5,8-9,11-12,15,18-22,27,31H,3,6-7,10,13-14,16-17,23H2,1H3,(H,34,39)(H,33,35,37). The molecule has 39 heavy (non-hydrogen) atoms. The van der Waals surface area contributed by atoms with Gasteiger partial charge in [-0.25, -0.2) is 4.98 Å². The molecule has 2 aromatic carbocycles. The zero-order valence-corrected chi connectivity index (χ0v) is 22.6. The summed E-state index contributed by atoms with van der Waals surface area (Å²) < 4.78 is 0. The monoisotopic (exact) mass is 526 g/mol. The molecule has 0 saturated heterocycles. The number of benzene rings is 2. The number of carbonyl (C=O) groups is 3. The summed E-state index contributed by atoms with van der Waals surface area (Å²) in [5.41, 5.74) is 2.82. The Morgan fingerprint density at radius 3 is 2.31 bits per heavy atom. The first kappa shape index (κ1) is 28.0. The SMILES string of the molecule is Cc1ccc(C(C(=O)NC2CCCCC2)N(Cc2ccccc2)C(=O)CCCC(=O)Nc2ccccn2)cc1. The summed E-state index contributed by atoms with van der Waals surface area (Å²) in [4.78, 5) is 45.8. The number of hydrogen-bond donors (Lipinski definition) is 2. The van der Waals surface area contributed by atoms with Crippen molar-refractivity contribution < 1.29 is 14.4 Å². The van der Waals surface area contributed by atoms with Crippen LogP contribution in [0.2, 0.25) is 0 Å². The van der Waals surface area contributed by atoms with Gasteiger partial charge in [-0.2, -0.15) is 0 Å². The Labute approximate surface area is 231 Å². The molecule has 2 N–H and O–H groups in total. The third-order valence-electron chi connectivity index (χ3n) is 7.15. The minimum Gasteiger partial charge on any atom is -0.351 e. The minimum absolute atomic E-state index is 0.128. The highest BCUT2D eigenvalue weighted by atomic mass is 16.2. The van der Waals surface area contributed by atoms with Crippen LogP contribution in [0.5, 0.6) is 0 Å². The Balaban J connectivity index is 1.52. The van der Waals surface area contributed by atoms with Gasteiger partial charge in [-0.15, -0.1) is 0 Å². The molecular weight excluding hydrogens is 488 g/mol. The lowest BCUT2D eigenvalue weighted by molar-refractivity contribution is -0.142. The van der Waals surface area contributed by atoms with Crippen LogP contribution in [-0.4, -0.2) is 33.6 Å². The summed E-state index contributed by atoms with van der Waals surface area (Å²) in [5, 5.41) is 6.01. The fourth-order valence-electron chi connectivity index (χ4n) is 5.04. The van der Waals surface area contributed by atoms with E-state index in [0.29, 0.717) is 18.8 Å². The highest BCUT2D eigenvalue weighted by Crippen LogP contribution is 2.27. The third-order valence-corrected chi connectivity index (χ3v) is 7.15. The van der Waals surface area contributed by atoms with Crippen molar-refractivity contribution in [2.24, 2.45) is 0 Å². The smallest absolute Gasteiger partial charge is 0.247 e. The van der Waals surface area contributed by atoms with E-state index in [2.05, 4.69) is 15.6 Å². The van der Waals surface area contributed by atoms with Crippen molar-refractivity contribution in [3.8, 4) is 0 Å². The molecule has 3 amide bonds. The average Bonchev–Trinajstić information content (AvgIpc) is 2.95. The van der Waals surface area contributed by atoms with Gasteiger partial charge in [0.2, 0.25) is 17.7 Å². The largest absolute Gasteiger partial charge is 0.351 e. The first-order valence-electron chi connectivity index (χ1n) is 13.9. The van der Waals surface area contributed by atoms with Crippen LogP contribution < -0.4 is 10.6 Å². The van der Waals surface area contributed by atoms with Crippen LogP contribution in [0.25, 0.3) is 0 Å². The van der Waals surface area contributed by atoms with Crippen LogP contribution in [0.4, 0.5) is 5.82 Å². The maximum absolute atomic E-state index is 13.8. The number of hydrogen-bond acceptors (Lipinski definition) is 4. The van der Waals surface area contributed by atoms with Gasteiger partial charge in [-0.05, 0) is 49.4 Å². The summed E-state index contributed by atoms with van der Waals surface area (Å²) in [7, 11) is 0. The van der Waals surface area contributed by atoms with Gasteiger partial charge in [0.25, 0.3) is 0 Å². The van der Waals surface area contributed by atoms with E-state index >= 15 is 0 Å². The van der Waals surface area contributed by atoms with Gasteiger partial charge < -0.3 is 15.5 Å². The molecule has 0 aliphatic heterocycles. The van der Waals surface area contributed by atoms with Crippen molar-refractivity contribution >= 4 is 23.5 Å². The molecule has 1 aromatic heterocycles. The lowest BCUT2D eigenvalue weighted by atomic mass is 9.94. The molecule has 1 aliphatic carbocycles. The Morgan fingerprint density at radius 2 is 1.62 bits per heavy atom. The summed E-state index contributed by atoms with van der Waals surface area (Å²) >= 11 is 0. The second-order valence-electron chi connectivity index (χ2n) is 10.3. The molecule has 1 unspecified atom stereocenters. The highest BCUT2D eigenvalue weighted by molar-refractivity contribution is 5.91. The molecule has 0 radical (unpaired) electrons. The van der Waals surface area contributed by atoms with Crippen LogP contribution in [-0.2, 0) is 20.9 Å². The van der Waals surface area contributed by atoms with E-state index in [1.807, 2.05) is 61.5 Å². The average molecular weight is 527 g/mol. The van der Waals surface area contributed by atoms with E-state index < -0.39 is 6.04 Å². The normalized spacial score (nSPS) is 14.3. The Morgan fingerprint density at radius 1 is 0.897 bits per heavy atom. The lowest BCUT2D eigenvalue weighted by Crippen LogP contribution is -2.46. The van der Waals surface area contributed by atoms with Crippen LogP contribution in [0, 0.1) is 6.92 Å². The van der Waals surface area contributed by atoms with Gasteiger partial charge in [0.15, 0.2) is 0 Å². The van der Waals surface area contributed by atoms with E-state index in [1.54, 1.807) is 29.3 Å². The number of aryl methyl sites for hydroxylation is 1. The first-order chi connectivity index (χ1) is 19.0. The van der Waals surface area contributed by atoms with Crippen LogP contribution >= 0.6 is 0 Å². The van der Waals surface area contributed by atoms with E-state index in [9.17, 15) is 14.4 Å². The molecule has 7 heteroatoms. The van der Waals surface area contributed by atoms with E-state index in [4.69, 9.17) is 0 Å². The molecule has 0 spiro atoms. The van der Waals surface area contributed by atoms with E-state index in [1.165, 1.54) is 6.42 Å². The van der Waals surface area contributed by atoms with Crippen molar-refractivity contribution in [2.45, 2.75) is 76.9 Å². The first-order valence-corrected chi connectivity index (χ1v) is 13.9. The third kappa shape index (κ3) is 8.50. The number of carbonyl (C=O) groups excluding carboxylic acids is 3. The molecule has 0 bridgehead atoms. The highest BCUT2D eigenvalue weighted by Gasteiger charge is 2.32. The Hall–Kier alpha value is -4.00. The van der Waals surface area contributed by atoms with Crippen molar-refractivity contribution in [1.29, 1.82) is 0 Å². The van der Waals surface area contributed by atoms with Gasteiger partial charge in [0.05, 0.1) is 0 Å². The number of pyridine rings is 1. The number of nitrogens with zero attached hydrogens (tertiary/aromatic N) is 2. The quantitative estimate of drug-likeness (QED) is 0.334. The number of rotatable bonds is 11.